The van der Waals surface area contributed by atoms with Crippen LogP contribution < -0.4 is 5.32 Å². The molecule has 0 bridgehead atoms. The summed E-state index contributed by atoms with van der Waals surface area (Å²) in [5.74, 6) is -0.163. The molecule has 2 aliphatic rings. The van der Waals surface area contributed by atoms with Gasteiger partial charge >= 0.3 is 0 Å². The van der Waals surface area contributed by atoms with Crippen LogP contribution in [0.25, 0.3) is 0 Å². The third-order valence-electron chi connectivity index (χ3n) is 5.16. The SMILES string of the molecule is Cc1ccc(C(=O)N2CCC3(CC2)N=C(c2cccc(Cl)c2)C(=O)N3)cc1. The van der Waals surface area contributed by atoms with E-state index in [1.54, 1.807) is 18.2 Å². The number of halogens is 1. The van der Waals surface area contributed by atoms with Gasteiger partial charge in [-0.25, -0.2) is 0 Å². The lowest BCUT2D eigenvalue weighted by Crippen LogP contribution is -2.52. The van der Waals surface area contributed by atoms with Crippen molar-refractivity contribution in [1.82, 2.24) is 10.2 Å². The maximum Gasteiger partial charge on any atom is 0.272 e. The van der Waals surface area contributed by atoms with Gasteiger partial charge in [-0.3, -0.25) is 14.6 Å². The number of piperidine rings is 1. The topological polar surface area (TPSA) is 61.8 Å². The van der Waals surface area contributed by atoms with Gasteiger partial charge in [-0.1, -0.05) is 41.4 Å². The first-order valence-electron chi connectivity index (χ1n) is 9.00. The van der Waals surface area contributed by atoms with Crippen LogP contribution in [-0.4, -0.2) is 41.2 Å². The van der Waals surface area contributed by atoms with Crippen molar-refractivity contribution in [3.8, 4) is 0 Å². The van der Waals surface area contributed by atoms with Crippen molar-refractivity contribution in [3.63, 3.8) is 0 Å². The van der Waals surface area contributed by atoms with Crippen LogP contribution in [-0.2, 0) is 4.79 Å². The maximum atomic E-state index is 12.7. The summed E-state index contributed by atoms with van der Waals surface area (Å²) in [6, 6.07) is 14.7. The van der Waals surface area contributed by atoms with Gasteiger partial charge < -0.3 is 10.2 Å². The molecule has 1 fully saturated rings. The molecule has 2 aliphatic heterocycles. The fourth-order valence-corrected chi connectivity index (χ4v) is 3.78. The number of aryl methyl sites for hydroxylation is 1. The fourth-order valence-electron chi connectivity index (χ4n) is 3.59. The lowest BCUT2D eigenvalue weighted by atomic mass is 9.97. The summed E-state index contributed by atoms with van der Waals surface area (Å²) in [7, 11) is 0. The summed E-state index contributed by atoms with van der Waals surface area (Å²) < 4.78 is 0. The van der Waals surface area contributed by atoms with Crippen LogP contribution in [0.5, 0.6) is 0 Å². The second kappa shape index (κ2) is 6.82. The van der Waals surface area contributed by atoms with Gasteiger partial charge in [-0.15, -0.1) is 0 Å². The van der Waals surface area contributed by atoms with Crippen LogP contribution in [0.3, 0.4) is 0 Å². The first kappa shape index (κ1) is 17.7. The molecule has 4 rings (SSSR count). The van der Waals surface area contributed by atoms with Crippen molar-refractivity contribution < 1.29 is 9.59 Å². The lowest BCUT2D eigenvalue weighted by molar-refractivity contribution is -0.115. The highest BCUT2D eigenvalue weighted by Crippen LogP contribution is 2.30. The van der Waals surface area contributed by atoms with Crippen molar-refractivity contribution in [2.45, 2.75) is 25.4 Å². The summed E-state index contributed by atoms with van der Waals surface area (Å²) in [6.45, 7) is 3.11. The van der Waals surface area contributed by atoms with E-state index < -0.39 is 5.66 Å². The van der Waals surface area contributed by atoms with E-state index in [1.165, 1.54) is 0 Å². The minimum absolute atomic E-state index is 0.0215. The first-order valence-corrected chi connectivity index (χ1v) is 9.38. The Kier molecular flexibility index (Phi) is 4.48. The Morgan fingerprint density at radius 3 is 2.52 bits per heavy atom. The molecule has 2 heterocycles. The van der Waals surface area contributed by atoms with Gasteiger partial charge in [0.05, 0.1) is 0 Å². The summed E-state index contributed by atoms with van der Waals surface area (Å²) >= 11 is 6.04. The first-order chi connectivity index (χ1) is 13.0. The number of nitrogens with one attached hydrogen (secondary N) is 1. The Bertz CT molecular complexity index is 929. The number of nitrogens with zero attached hydrogens (tertiary/aromatic N) is 2. The third-order valence-corrected chi connectivity index (χ3v) is 5.40. The highest BCUT2D eigenvalue weighted by molar-refractivity contribution is 6.47. The second-order valence-corrected chi connectivity index (χ2v) is 7.55. The van der Waals surface area contributed by atoms with Crippen LogP contribution in [0.4, 0.5) is 0 Å². The summed E-state index contributed by atoms with van der Waals surface area (Å²) in [5.41, 5.74) is 2.32. The molecule has 0 aromatic heterocycles. The number of likely N-dealkylation sites (tertiary alicyclic amines) is 1. The zero-order valence-electron chi connectivity index (χ0n) is 15.0. The second-order valence-electron chi connectivity index (χ2n) is 7.11. The van der Waals surface area contributed by atoms with Crippen LogP contribution in [0.2, 0.25) is 5.02 Å². The molecule has 1 N–H and O–H groups in total. The molecule has 0 aliphatic carbocycles. The number of hydrogen-bond donors (Lipinski definition) is 1. The van der Waals surface area contributed by atoms with Crippen molar-refractivity contribution >= 4 is 29.1 Å². The van der Waals surface area contributed by atoms with Crippen LogP contribution in [0.1, 0.15) is 34.3 Å². The Hall–Kier alpha value is -2.66. The number of aliphatic imine (C=N–C) groups is 1. The Morgan fingerprint density at radius 1 is 1.15 bits per heavy atom. The van der Waals surface area contributed by atoms with E-state index >= 15 is 0 Å². The minimum Gasteiger partial charge on any atom is -0.338 e. The van der Waals surface area contributed by atoms with E-state index in [2.05, 4.69) is 5.32 Å². The summed E-state index contributed by atoms with van der Waals surface area (Å²) in [6.07, 6.45) is 1.20. The van der Waals surface area contributed by atoms with E-state index in [1.807, 2.05) is 42.2 Å². The fraction of sp³-hybridized carbons (Fsp3) is 0.286. The molecule has 0 unspecified atom stereocenters. The minimum atomic E-state index is -0.626. The number of hydrogen-bond acceptors (Lipinski definition) is 3. The molecule has 138 valence electrons. The Morgan fingerprint density at radius 2 is 1.85 bits per heavy atom. The van der Waals surface area contributed by atoms with Gasteiger partial charge in [0, 0.05) is 42.1 Å². The monoisotopic (exact) mass is 381 g/mol. The van der Waals surface area contributed by atoms with Gasteiger partial charge in [-0.2, -0.15) is 0 Å². The molecule has 6 heteroatoms. The van der Waals surface area contributed by atoms with Crippen LogP contribution in [0.15, 0.2) is 53.5 Å². The van der Waals surface area contributed by atoms with Crippen LogP contribution in [0, 0.1) is 6.92 Å². The van der Waals surface area contributed by atoms with E-state index in [0.29, 0.717) is 42.2 Å². The largest absolute Gasteiger partial charge is 0.338 e. The molecule has 2 aromatic rings. The van der Waals surface area contributed by atoms with Crippen molar-refractivity contribution in [1.29, 1.82) is 0 Å². The molecule has 0 radical (unpaired) electrons. The highest BCUT2D eigenvalue weighted by Gasteiger charge is 2.42. The molecule has 1 spiro atoms. The summed E-state index contributed by atoms with van der Waals surface area (Å²) in [5, 5.41) is 3.59. The Labute approximate surface area is 163 Å². The lowest BCUT2D eigenvalue weighted by Gasteiger charge is -2.37. The van der Waals surface area contributed by atoms with Crippen LogP contribution >= 0.6 is 11.6 Å². The third kappa shape index (κ3) is 3.47. The number of carbonyl (C=O) groups is 2. The van der Waals surface area contributed by atoms with E-state index in [0.717, 1.165) is 11.1 Å². The summed E-state index contributed by atoms with van der Waals surface area (Å²) in [4.78, 5) is 31.7. The van der Waals surface area contributed by atoms with Gasteiger partial charge in [0.1, 0.15) is 11.4 Å². The Balaban J connectivity index is 1.49. The number of benzene rings is 2. The number of amides is 2. The smallest absolute Gasteiger partial charge is 0.272 e. The predicted molar refractivity (Wildman–Crippen MR) is 105 cm³/mol. The number of rotatable bonds is 2. The van der Waals surface area contributed by atoms with Gasteiger partial charge in [0.15, 0.2) is 0 Å². The average molecular weight is 382 g/mol. The normalized spacial score (nSPS) is 18.4. The highest BCUT2D eigenvalue weighted by atomic mass is 35.5. The molecule has 2 amide bonds. The van der Waals surface area contributed by atoms with E-state index in [-0.39, 0.29) is 11.8 Å². The van der Waals surface area contributed by atoms with E-state index in [4.69, 9.17) is 16.6 Å². The quantitative estimate of drug-likeness (QED) is 0.868. The standard InChI is InChI=1S/C21H20ClN3O2/c1-14-5-7-15(8-6-14)20(27)25-11-9-21(10-12-25)23-18(19(26)24-21)16-3-2-4-17(22)13-16/h2-8,13H,9-12H2,1H3,(H,24,26). The van der Waals surface area contributed by atoms with Crippen molar-refractivity contribution in [2.24, 2.45) is 4.99 Å². The van der Waals surface area contributed by atoms with Gasteiger partial charge in [-0.05, 0) is 31.2 Å². The van der Waals surface area contributed by atoms with Gasteiger partial charge in [0.2, 0.25) is 0 Å². The molecular weight excluding hydrogens is 362 g/mol. The molecule has 1 saturated heterocycles. The molecule has 27 heavy (non-hydrogen) atoms. The zero-order chi connectivity index (χ0) is 19.0. The molecule has 2 aromatic carbocycles. The van der Waals surface area contributed by atoms with Gasteiger partial charge in [0.25, 0.3) is 11.8 Å². The predicted octanol–water partition coefficient (Wildman–Crippen LogP) is 3.20. The molecule has 0 atom stereocenters. The number of carbonyl (C=O) groups excluding carboxylic acids is 2. The zero-order valence-corrected chi connectivity index (χ0v) is 15.8. The molecular formula is C21H20ClN3O2. The van der Waals surface area contributed by atoms with Crippen molar-refractivity contribution in [3.05, 3.63) is 70.2 Å². The molecule has 0 saturated carbocycles. The molecule has 5 nitrogen and oxygen atoms in total. The average Bonchev–Trinajstić information content (AvgIpc) is 2.98. The van der Waals surface area contributed by atoms with Crippen molar-refractivity contribution in [2.75, 3.05) is 13.1 Å². The van der Waals surface area contributed by atoms with E-state index in [9.17, 15) is 9.59 Å². The maximum absolute atomic E-state index is 12.7.